The summed E-state index contributed by atoms with van der Waals surface area (Å²) in [5, 5.41) is 3.72. The Bertz CT molecular complexity index is 485. The van der Waals surface area contributed by atoms with Gasteiger partial charge in [-0.15, -0.1) is 0 Å². The Hall–Kier alpha value is -1.02. The molecule has 0 unspecified atom stereocenters. The van der Waals surface area contributed by atoms with Crippen LogP contribution in [0.2, 0.25) is 5.02 Å². The van der Waals surface area contributed by atoms with E-state index in [4.69, 9.17) is 11.6 Å². The quantitative estimate of drug-likeness (QED) is 0.858. The van der Waals surface area contributed by atoms with Gasteiger partial charge in [0.1, 0.15) is 0 Å². The van der Waals surface area contributed by atoms with Gasteiger partial charge in [0.25, 0.3) is 0 Å². The molecule has 96 valence electrons. The molecule has 0 aromatic heterocycles. The molecule has 3 rings (SSSR count). The molecule has 0 saturated heterocycles. The van der Waals surface area contributed by atoms with Crippen molar-refractivity contribution in [1.29, 1.82) is 0 Å². The molecule has 2 aliphatic rings. The molecule has 18 heavy (non-hydrogen) atoms. The first-order chi connectivity index (χ1) is 8.63. The zero-order valence-electron chi connectivity index (χ0n) is 10.6. The van der Waals surface area contributed by atoms with Crippen LogP contribution in [0.5, 0.6) is 0 Å². The number of nitrogens with one attached hydrogen (secondary N) is 1. The van der Waals surface area contributed by atoms with Crippen LogP contribution in [0.1, 0.15) is 31.2 Å². The van der Waals surface area contributed by atoms with Gasteiger partial charge >= 0.3 is 0 Å². The van der Waals surface area contributed by atoms with Crippen molar-refractivity contribution >= 4 is 23.2 Å². The van der Waals surface area contributed by atoms with E-state index in [-0.39, 0.29) is 11.8 Å². The number of halogens is 1. The van der Waals surface area contributed by atoms with Crippen molar-refractivity contribution in [2.75, 3.05) is 5.32 Å². The van der Waals surface area contributed by atoms with E-state index < -0.39 is 0 Å². The summed E-state index contributed by atoms with van der Waals surface area (Å²) in [6.07, 6.45) is 4.89. The maximum Gasteiger partial charge on any atom is 0.227 e. The van der Waals surface area contributed by atoms with Crippen molar-refractivity contribution in [3.8, 4) is 0 Å². The average Bonchev–Trinajstić information content (AvgIpc) is 2.96. The summed E-state index contributed by atoms with van der Waals surface area (Å²) in [5.41, 5.74) is 1.85. The smallest absolute Gasteiger partial charge is 0.227 e. The first-order valence-electron chi connectivity index (χ1n) is 6.70. The number of carbonyl (C=O) groups excluding carboxylic acids is 1. The van der Waals surface area contributed by atoms with Crippen LogP contribution in [0.3, 0.4) is 0 Å². The van der Waals surface area contributed by atoms with E-state index in [1.807, 2.05) is 25.1 Å². The third-order valence-electron chi connectivity index (χ3n) is 4.51. The van der Waals surface area contributed by atoms with Crippen molar-refractivity contribution in [3.05, 3.63) is 28.8 Å². The van der Waals surface area contributed by atoms with Crippen LogP contribution in [0.25, 0.3) is 0 Å². The topological polar surface area (TPSA) is 29.1 Å². The zero-order chi connectivity index (χ0) is 12.7. The molecule has 0 spiro atoms. The number of amides is 1. The van der Waals surface area contributed by atoms with Crippen LogP contribution in [-0.2, 0) is 4.79 Å². The highest BCUT2D eigenvalue weighted by Crippen LogP contribution is 2.48. The lowest BCUT2D eigenvalue weighted by Gasteiger charge is -2.20. The molecule has 0 heterocycles. The van der Waals surface area contributed by atoms with Gasteiger partial charge < -0.3 is 5.32 Å². The molecule has 3 heteroatoms. The molecular formula is C15H18ClNO. The Labute approximate surface area is 113 Å². The van der Waals surface area contributed by atoms with Crippen LogP contribution < -0.4 is 5.32 Å². The summed E-state index contributed by atoms with van der Waals surface area (Å²) in [6, 6.07) is 5.70. The number of benzene rings is 1. The third kappa shape index (κ3) is 2.14. The van der Waals surface area contributed by atoms with E-state index >= 15 is 0 Å². The van der Waals surface area contributed by atoms with E-state index in [1.54, 1.807) is 0 Å². The first kappa shape index (κ1) is 12.0. The molecule has 2 nitrogen and oxygen atoms in total. The fraction of sp³-hybridized carbons (Fsp3) is 0.533. The van der Waals surface area contributed by atoms with Crippen molar-refractivity contribution in [2.24, 2.45) is 17.8 Å². The number of anilines is 1. The van der Waals surface area contributed by atoms with Crippen molar-refractivity contribution < 1.29 is 4.79 Å². The number of hydrogen-bond donors (Lipinski definition) is 1. The largest absolute Gasteiger partial charge is 0.326 e. The van der Waals surface area contributed by atoms with E-state index in [0.29, 0.717) is 10.9 Å². The molecule has 1 aromatic rings. The Morgan fingerprint density at radius 2 is 2.17 bits per heavy atom. The standard InChI is InChI=1S/C15H18ClNO/c1-9-2-5-12(8-14(9)16)17-15(18)13-7-10-3-4-11(13)6-10/h2,5,8,10-11,13H,3-4,6-7H2,1H3,(H,17,18)/t10-,11+,13+/m1/s1. The molecule has 2 fully saturated rings. The predicted molar refractivity (Wildman–Crippen MR) is 73.8 cm³/mol. The molecule has 1 aromatic carbocycles. The van der Waals surface area contributed by atoms with Crippen LogP contribution >= 0.6 is 11.6 Å². The fourth-order valence-corrected chi connectivity index (χ4v) is 3.65. The van der Waals surface area contributed by atoms with Crippen LogP contribution in [-0.4, -0.2) is 5.91 Å². The van der Waals surface area contributed by atoms with Crippen molar-refractivity contribution in [2.45, 2.75) is 32.6 Å². The fourth-order valence-electron chi connectivity index (χ4n) is 3.47. The molecule has 2 aliphatic carbocycles. The monoisotopic (exact) mass is 263 g/mol. The molecule has 0 aliphatic heterocycles. The van der Waals surface area contributed by atoms with Gasteiger partial charge in [-0.3, -0.25) is 4.79 Å². The van der Waals surface area contributed by atoms with Gasteiger partial charge in [-0.1, -0.05) is 24.1 Å². The molecule has 3 atom stereocenters. The van der Waals surface area contributed by atoms with Crippen molar-refractivity contribution in [3.63, 3.8) is 0 Å². The summed E-state index contributed by atoms with van der Waals surface area (Å²) in [4.78, 5) is 12.2. The average molecular weight is 264 g/mol. The highest BCUT2D eigenvalue weighted by Gasteiger charge is 2.42. The van der Waals surface area contributed by atoms with Gasteiger partial charge in [0.15, 0.2) is 0 Å². The van der Waals surface area contributed by atoms with Gasteiger partial charge in [-0.2, -0.15) is 0 Å². The number of fused-ring (bicyclic) bond motifs is 2. The molecule has 0 radical (unpaired) electrons. The van der Waals surface area contributed by atoms with Crippen LogP contribution in [0, 0.1) is 24.7 Å². The van der Waals surface area contributed by atoms with E-state index in [1.165, 1.54) is 19.3 Å². The minimum atomic E-state index is 0.183. The summed E-state index contributed by atoms with van der Waals surface area (Å²) in [5.74, 6) is 1.83. The Kier molecular flexibility index (Phi) is 3.06. The molecule has 1 amide bonds. The highest BCUT2D eigenvalue weighted by molar-refractivity contribution is 6.31. The Balaban J connectivity index is 1.69. The lowest BCUT2D eigenvalue weighted by molar-refractivity contribution is -0.121. The summed E-state index contributed by atoms with van der Waals surface area (Å²) >= 11 is 6.07. The lowest BCUT2D eigenvalue weighted by Crippen LogP contribution is -2.27. The van der Waals surface area contributed by atoms with E-state index in [2.05, 4.69) is 5.32 Å². The molecular weight excluding hydrogens is 246 g/mol. The maximum absolute atomic E-state index is 12.2. The van der Waals surface area contributed by atoms with Gasteiger partial charge in [-0.25, -0.2) is 0 Å². The summed E-state index contributed by atoms with van der Waals surface area (Å²) in [7, 11) is 0. The van der Waals surface area contributed by atoms with Crippen LogP contribution in [0.4, 0.5) is 5.69 Å². The second-order valence-electron chi connectivity index (χ2n) is 5.73. The predicted octanol–water partition coefficient (Wildman–Crippen LogP) is 4.02. The van der Waals surface area contributed by atoms with Gasteiger partial charge in [0.2, 0.25) is 5.91 Å². The normalized spacial score (nSPS) is 29.6. The minimum Gasteiger partial charge on any atom is -0.326 e. The second kappa shape index (κ2) is 4.58. The van der Waals surface area contributed by atoms with Gasteiger partial charge in [0, 0.05) is 16.6 Å². The maximum atomic E-state index is 12.2. The number of aryl methyl sites for hydroxylation is 1. The number of carbonyl (C=O) groups is 1. The van der Waals surface area contributed by atoms with Gasteiger partial charge in [0.05, 0.1) is 0 Å². The molecule has 1 N–H and O–H groups in total. The summed E-state index contributed by atoms with van der Waals surface area (Å²) in [6.45, 7) is 1.96. The highest BCUT2D eigenvalue weighted by atomic mass is 35.5. The Morgan fingerprint density at radius 3 is 2.78 bits per heavy atom. The second-order valence-corrected chi connectivity index (χ2v) is 6.14. The first-order valence-corrected chi connectivity index (χ1v) is 7.08. The molecule has 2 bridgehead atoms. The number of rotatable bonds is 2. The summed E-state index contributed by atoms with van der Waals surface area (Å²) < 4.78 is 0. The molecule has 2 saturated carbocycles. The zero-order valence-corrected chi connectivity index (χ0v) is 11.3. The SMILES string of the molecule is Cc1ccc(NC(=O)[C@H]2C[C@@H]3CC[C@H]2C3)cc1Cl. The third-order valence-corrected chi connectivity index (χ3v) is 4.92. The van der Waals surface area contributed by atoms with Gasteiger partial charge in [-0.05, 0) is 55.7 Å². The van der Waals surface area contributed by atoms with E-state index in [0.717, 1.165) is 23.6 Å². The van der Waals surface area contributed by atoms with Crippen molar-refractivity contribution in [1.82, 2.24) is 0 Å². The lowest BCUT2D eigenvalue weighted by atomic mass is 9.88. The number of hydrogen-bond acceptors (Lipinski definition) is 1. The van der Waals surface area contributed by atoms with E-state index in [9.17, 15) is 4.79 Å². The minimum absolute atomic E-state index is 0.183. The van der Waals surface area contributed by atoms with Crippen LogP contribution in [0.15, 0.2) is 18.2 Å². The Morgan fingerprint density at radius 1 is 1.33 bits per heavy atom.